The van der Waals surface area contributed by atoms with Crippen molar-refractivity contribution in [1.29, 1.82) is 0 Å². The third-order valence-electron chi connectivity index (χ3n) is 2.90. The van der Waals surface area contributed by atoms with Crippen molar-refractivity contribution in [2.24, 2.45) is 0 Å². The van der Waals surface area contributed by atoms with E-state index in [-0.39, 0.29) is 0 Å². The van der Waals surface area contributed by atoms with Crippen LogP contribution in [0.15, 0.2) is 72.7 Å². The fourth-order valence-electron chi connectivity index (χ4n) is 1.91. The summed E-state index contributed by atoms with van der Waals surface area (Å²) in [7, 11) is -0.523. The molecule has 2 N–H and O–H groups in total. The second kappa shape index (κ2) is 8.02. The lowest BCUT2D eigenvalue weighted by Crippen LogP contribution is -2.01. The lowest BCUT2D eigenvalue weighted by molar-refractivity contribution is 0.501. The quantitative estimate of drug-likeness (QED) is 0.760. The highest BCUT2D eigenvalue weighted by atomic mass is 32.9. The van der Waals surface area contributed by atoms with Crippen LogP contribution < -0.4 is 0 Å². The molecule has 2 rings (SSSR count). The summed E-state index contributed by atoms with van der Waals surface area (Å²) < 4.78 is 0. The van der Waals surface area contributed by atoms with Crippen molar-refractivity contribution in [2.75, 3.05) is 0 Å². The van der Waals surface area contributed by atoms with Crippen molar-refractivity contribution < 1.29 is 9.79 Å². The molecule has 0 unspecified atom stereocenters. The molecule has 112 valence electrons. The summed E-state index contributed by atoms with van der Waals surface area (Å²) in [5, 5.41) is 1.53. The van der Waals surface area contributed by atoms with Gasteiger partial charge in [-0.2, -0.15) is 0 Å². The van der Waals surface area contributed by atoms with Crippen molar-refractivity contribution in [1.82, 2.24) is 0 Å². The van der Waals surface area contributed by atoms with Crippen molar-refractivity contribution >= 4 is 27.1 Å². The summed E-state index contributed by atoms with van der Waals surface area (Å²) in [5.74, 6) is 1.36. The topological polar surface area (TPSA) is 40.5 Å². The van der Waals surface area contributed by atoms with Gasteiger partial charge in [-0.25, -0.2) is 0 Å². The van der Waals surface area contributed by atoms with Crippen molar-refractivity contribution in [3.05, 3.63) is 83.8 Å². The molecule has 0 fully saturated rings. The van der Waals surface area contributed by atoms with E-state index in [2.05, 4.69) is 6.58 Å². The Hall–Kier alpha value is -0.770. The van der Waals surface area contributed by atoms with Gasteiger partial charge >= 0.3 is 0 Å². The van der Waals surface area contributed by atoms with Crippen LogP contribution in [0.25, 0.3) is 0 Å². The second-order valence-electron chi connectivity index (χ2n) is 4.48. The highest BCUT2D eigenvalue weighted by Gasteiger charge is 2.16. The second-order valence-corrected chi connectivity index (χ2v) is 13.4. The SMILES string of the molecule is C=CSP(O)(O)=S(Cc1ccccc1)Cc1ccccc1. The summed E-state index contributed by atoms with van der Waals surface area (Å²) in [5.41, 5.74) is -0.791. The molecule has 0 aromatic heterocycles. The molecule has 0 aliphatic heterocycles. The van der Waals surface area contributed by atoms with Crippen LogP contribution in [0.2, 0.25) is 0 Å². The molecule has 0 bridgehead atoms. The van der Waals surface area contributed by atoms with Crippen LogP contribution in [-0.2, 0) is 21.6 Å². The van der Waals surface area contributed by atoms with Crippen LogP contribution in [-0.4, -0.2) is 9.79 Å². The largest absolute Gasteiger partial charge is 0.341 e. The molecular formula is C16H19O2PS2. The first-order valence-corrected chi connectivity index (χ1v) is 11.9. The number of benzene rings is 2. The minimum atomic E-state index is -3.06. The molecule has 21 heavy (non-hydrogen) atoms. The zero-order chi connectivity index (χ0) is 15.1. The predicted molar refractivity (Wildman–Crippen MR) is 96.8 cm³/mol. The average molecular weight is 338 g/mol. The molecule has 0 aliphatic carbocycles. The maximum absolute atomic E-state index is 10.5. The highest BCUT2D eigenvalue weighted by Crippen LogP contribution is 2.57. The molecule has 2 aromatic rings. The summed E-state index contributed by atoms with van der Waals surface area (Å²) >= 11 is 1.08. The van der Waals surface area contributed by atoms with Crippen LogP contribution in [0.1, 0.15) is 11.1 Å². The molecule has 0 heterocycles. The van der Waals surface area contributed by atoms with Gasteiger partial charge in [0.05, 0.1) is 0 Å². The van der Waals surface area contributed by atoms with Crippen molar-refractivity contribution in [3.8, 4) is 0 Å². The Morgan fingerprint density at radius 1 is 0.905 bits per heavy atom. The monoisotopic (exact) mass is 338 g/mol. The summed E-state index contributed by atoms with van der Waals surface area (Å²) in [6.45, 7) is 3.62. The van der Waals surface area contributed by atoms with Gasteiger partial charge in [0.15, 0.2) is 0 Å². The van der Waals surface area contributed by atoms with Gasteiger partial charge in [-0.1, -0.05) is 67.2 Å². The van der Waals surface area contributed by atoms with E-state index in [1.54, 1.807) is 0 Å². The Balaban J connectivity index is 2.33. The molecule has 0 spiro atoms. The first-order chi connectivity index (χ1) is 10.1. The summed E-state index contributed by atoms with van der Waals surface area (Å²) in [6.07, 6.45) is 0. The van der Waals surface area contributed by atoms with E-state index in [1.165, 1.54) is 5.41 Å². The molecule has 0 amide bonds. The van der Waals surface area contributed by atoms with E-state index in [0.717, 1.165) is 22.5 Å². The van der Waals surface area contributed by atoms with E-state index in [4.69, 9.17) is 0 Å². The fraction of sp³-hybridized carbons (Fsp3) is 0.125. The molecule has 5 heteroatoms. The van der Waals surface area contributed by atoms with E-state index in [9.17, 15) is 9.79 Å². The maximum Gasteiger partial charge on any atom is 0.206 e. The molecule has 0 aliphatic rings. The van der Waals surface area contributed by atoms with E-state index in [0.29, 0.717) is 11.5 Å². The normalized spacial score (nSPS) is 11.6. The minimum Gasteiger partial charge on any atom is -0.341 e. The highest BCUT2D eigenvalue weighted by molar-refractivity contribution is 8.73. The standard InChI is InChI=1S/C16H19O2PS2/c1-2-20-19(17,18)21(13-15-9-5-3-6-10-15)14-16-11-7-4-8-12-16/h2-12,17-18H,1,13-14H2. The van der Waals surface area contributed by atoms with E-state index < -0.39 is 15.8 Å². The Bertz CT molecular complexity index is 592. The smallest absolute Gasteiger partial charge is 0.206 e. The molecule has 0 saturated heterocycles. The van der Waals surface area contributed by atoms with Gasteiger partial charge in [-0.05, 0) is 27.9 Å². The van der Waals surface area contributed by atoms with Crippen LogP contribution in [0.4, 0.5) is 0 Å². The van der Waals surface area contributed by atoms with E-state index >= 15 is 0 Å². The van der Waals surface area contributed by atoms with Gasteiger partial charge in [0.2, 0.25) is 5.69 Å². The Kier molecular flexibility index (Phi) is 6.34. The first kappa shape index (κ1) is 16.6. The van der Waals surface area contributed by atoms with Gasteiger partial charge in [0, 0.05) is 11.5 Å². The summed E-state index contributed by atoms with van der Waals surface area (Å²) in [4.78, 5) is 20.9. The zero-order valence-corrected chi connectivity index (χ0v) is 14.2. The molecule has 0 radical (unpaired) electrons. The van der Waals surface area contributed by atoms with Crippen LogP contribution >= 0.6 is 17.1 Å². The Morgan fingerprint density at radius 3 is 1.71 bits per heavy atom. The predicted octanol–water partition coefficient (Wildman–Crippen LogP) is 4.54. The molecule has 0 atom stereocenters. The third kappa shape index (κ3) is 5.17. The van der Waals surface area contributed by atoms with Gasteiger partial charge in [0.25, 0.3) is 0 Å². The lowest BCUT2D eigenvalue weighted by atomic mass is 10.2. The minimum absolute atomic E-state index is 0.523. The molecule has 0 saturated carbocycles. The number of rotatable bonds is 6. The first-order valence-electron chi connectivity index (χ1n) is 6.51. The zero-order valence-electron chi connectivity index (χ0n) is 11.6. The van der Waals surface area contributed by atoms with Crippen molar-refractivity contribution in [3.63, 3.8) is 0 Å². The summed E-state index contributed by atoms with van der Waals surface area (Å²) in [6, 6.07) is 20.0. The van der Waals surface area contributed by atoms with Gasteiger partial charge in [0.1, 0.15) is 0 Å². The van der Waals surface area contributed by atoms with Crippen molar-refractivity contribution in [2.45, 2.75) is 11.5 Å². The number of hydrogen-bond donors (Lipinski definition) is 2. The van der Waals surface area contributed by atoms with Crippen LogP contribution in [0.3, 0.4) is 0 Å². The molecule has 2 aromatic carbocycles. The molecular weight excluding hydrogens is 319 g/mol. The fourth-order valence-corrected chi connectivity index (χ4v) is 9.26. The van der Waals surface area contributed by atoms with Crippen LogP contribution in [0, 0.1) is 0 Å². The Labute approximate surface area is 132 Å². The van der Waals surface area contributed by atoms with Crippen LogP contribution in [0.5, 0.6) is 0 Å². The van der Waals surface area contributed by atoms with E-state index in [1.807, 2.05) is 60.7 Å². The Morgan fingerprint density at radius 2 is 1.33 bits per heavy atom. The third-order valence-corrected chi connectivity index (χ3v) is 12.1. The van der Waals surface area contributed by atoms with Gasteiger partial charge < -0.3 is 9.79 Å². The maximum atomic E-state index is 10.5. The number of hydrogen-bond acceptors (Lipinski definition) is 1. The van der Waals surface area contributed by atoms with Gasteiger partial charge in [-0.3, -0.25) is 0 Å². The molecule has 2 nitrogen and oxygen atoms in total. The van der Waals surface area contributed by atoms with Gasteiger partial charge in [-0.15, -0.1) is 10.1 Å². The lowest BCUT2D eigenvalue weighted by Gasteiger charge is -2.19. The average Bonchev–Trinajstić information content (AvgIpc) is 2.49.